The van der Waals surface area contributed by atoms with Gasteiger partial charge in [-0.2, -0.15) is 0 Å². The van der Waals surface area contributed by atoms with Crippen LogP contribution in [0.15, 0.2) is 48.5 Å². The Morgan fingerprint density at radius 1 is 1.10 bits per heavy atom. The van der Waals surface area contributed by atoms with E-state index in [4.69, 9.17) is 0 Å². The van der Waals surface area contributed by atoms with Crippen molar-refractivity contribution in [2.24, 2.45) is 0 Å². The Morgan fingerprint density at radius 2 is 2.00 bits per heavy atom. The predicted octanol–water partition coefficient (Wildman–Crippen LogP) is 4.04. The van der Waals surface area contributed by atoms with Crippen LogP contribution in [0, 0.1) is 5.82 Å². The van der Waals surface area contributed by atoms with Gasteiger partial charge in [0.15, 0.2) is 0 Å². The molecular weight excluding hydrogens is 249 g/mol. The normalized spacial score (nSPS) is 17.8. The molecule has 1 aliphatic rings. The summed E-state index contributed by atoms with van der Waals surface area (Å²) >= 11 is 0. The fourth-order valence-electron chi connectivity index (χ4n) is 3.10. The first kappa shape index (κ1) is 13.3. The summed E-state index contributed by atoms with van der Waals surface area (Å²) in [5.74, 6) is 0.431. The molecule has 0 aliphatic heterocycles. The Bertz CT molecular complexity index is 579. The van der Waals surface area contributed by atoms with Gasteiger partial charge in [0.2, 0.25) is 0 Å². The molecule has 0 radical (unpaired) electrons. The molecule has 104 valence electrons. The first-order chi connectivity index (χ1) is 9.83. The van der Waals surface area contributed by atoms with Crippen LogP contribution >= 0.6 is 0 Å². The van der Waals surface area contributed by atoms with Gasteiger partial charge in [0.25, 0.3) is 0 Å². The van der Waals surface area contributed by atoms with Crippen LogP contribution < -0.4 is 5.32 Å². The summed E-state index contributed by atoms with van der Waals surface area (Å²) in [6.45, 7) is 1.70. The summed E-state index contributed by atoms with van der Waals surface area (Å²) in [6, 6.07) is 15.6. The van der Waals surface area contributed by atoms with Crippen molar-refractivity contribution >= 4 is 0 Å². The molecule has 0 aromatic heterocycles. The Balaban J connectivity index is 1.60. The SMILES string of the molecule is Fc1cccc(CNCC2CCCc3ccccc32)c1. The van der Waals surface area contributed by atoms with Crippen LogP contribution in [-0.4, -0.2) is 6.54 Å². The molecule has 0 amide bonds. The summed E-state index contributed by atoms with van der Waals surface area (Å²) in [4.78, 5) is 0. The Labute approximate surface area is 119 Å². The van der Waals surface area contributed by atoms with Crippen molar-refractivity contribution in [1.82, 2.24) is 5.32 Å². The van der Waals surface area contributed by atoms with Gasteiger partial charge in [-0.1, -0.05) is 36.4 Å². The van der Waals surface area contributed by atoms with Crippen LogP contribution in [0.3, 0.4) is 0 Å². The average Bonchev–Trinajstić information content (AvgIpc) is 2.48. The van der Waals surface area contributed by atoms with Crippen LogP contribution in [-0.2, 0) is 13.0 Å². The molecule has 1 unspecified atom stereocenters. The number of fused-ring (bicyclic) bond motifs is 1. The van der Waals surface area contributed by atoms with Gasteiger partial charge < -0.3 is 5.32 Å². The molecule has 3 rings (SSSR count). The maximum absolute atomic E-state index is 13.1. The van der Waals surface area contributed by atoms with Gasteiger partial charge in [-0.25, -0.2) is 4.39 Å². The highest BCUT2D eigenvalue weighted by atomic mass is 19.1. The maximum Gasteiger partial charge on any atom is 0.123 e. The zero-order valence-corrected chi connectivity index (χ0v) is 11.6. The average molecular weight is 269 g/mol. The lowest BCUT2D eigenvalue weighted by molar-refractivity contribution is 0.506. The van der Waals surface area contributed by atoms with E-state index in [2.05, 4.69) is 29.6 Å². The standard InChI is InChI=1S/C18H20FN/c19-17-9-3-5-14(11-17)12-20-13-16-8-4-7-15-6-1-2-10-18(15)16/h1-3,5-6,9-11,16,20H,4,7-8,12-13H2. The molecule has 2 heteroatoms. The second-order valence-electron chi connectivity index (χ2n) is 5.55. The van der Waals surface area contributed by atoms with Gasteiger partial charge >= 0.3 is 0 Å². The molecule has 1 nitrogen and oxygen atoms in total. The van der Waals surface area contributed by atoms with Crippen molar-refractivity contribution < 1.29 is 4.39 Å². The molecule has 20 heavy (non-hydrogen) atoms. The molecule has 1 N–H and O–H groups in total. The summed E-state index contributed by atoms with van der Waals surface area (Å²) in [5, 5.41) is 3.47. The summed E-state index contributed by atoms with van der Waals surface area (Å²) in [5.41, 5.74) is 4.00. The molecule has 0 heterocycles. The molecule has 0 fully saturated rings. The van der Waals surface area contributed by atoms with E-state index >= 15 is 0 Å². The van der Waals surface area contributed by atoms with E-state index in [0.29, 0.717) is 5.92 Å². The third-order valence-electron chi connectivity index (χ3n) is 4.10. The zero-order chi connectivity index (χ0) is 13.8. The largest absolute Gasteiger partial charge is 0.312 e. The summed E-state index contributed by atoms with van der Waals surface area (Å²) in [7, 11) is 0. The second-order valence-corrected chi connectivity index (χ2v) is 5.55. The monoisotopic (exact) mass is 269 g/mol. The molecule has 0 bridgehead atoms. The molecular formula is C18H20FN. The van der Waals surface area contributed by atoms with Crippen molar-refractivity contribution in [2.75, 3.05) is 6.54 Å². The highest BCUT2D eigenvalue weighted by Crippen LogP contribution is 2.30. The molecule has 1 atom stereocenters. The summed E-state index contributed by atoms with van der Waals surface area (Å²) < 4.78 is 13.1. The van der Waals surface area contributed by atoms with E-state index < -0.39 is 0 Å². The van der Waals surface area contributed by atoms with Gasteiger partial charge in [-0.15, -0.1) is 0 Å². The first-order valence-corrected chi connectivity index (χ1v) is 7.36. The third-order valence-corrected chi connectivity index (χ3v) is 4.10. The number of benzene rings is 2. The predicted molar refractivity (Wildman–Crippen MR) is 80.2 cm³/mol. The van der Waals surface area contributed by atoms with Crippen molar-refractivity contribution in [3.05, 3.63) is 71.0 Å². The molecule has 0 spiro atoms. The van der Waals surface area contributed by atoms with Crippen LogP contribution in [0.1, 0.15) is 35.4 Å². The van der Waals surface area contributed by atoms with Crippen LogP contribution in [0.25, 0.3) is 0 Å². The van der Waals surface area contributed by atoms with Crippen molar-refractivity contribution in [2.45, 2.75) is 31.7 Å². The van der Waals surface area contributed by atoms with Gasteiger partial charge in [0, 0.05) is 13.1 Å². The smallest absolute Gasteiger partial charge is 0.123 e. The minimum atomic E-state index is -0.160. The third kappa shape index (κ3) is 3.07. The molecule has 1 aliphatic carbocycles. The van der Waals surface area contributed by atoms with E-state index in [1.165, 1.54) is 36.5 Å². The zero-order valence-electron chi connectivity index (χ0n) is 11.6. The van der Waals surface area contributed by atoms with Crippen molar-refractivity contribution in [3.8, 4) is 0 Å². The van der Waals surface area contributed by atoms with Crippen LogP contribution in [0.5, 0.6) is 0 Å². The fraction of sp³-hybridized carbons (Fsp3) is 0.333. The van der Waals surface area contributed by atoms with Crippen LogP contribution in [0.4, 0.5) is 4.39 Å². The number of nitrogens with one attached hydrogen (secondary N) is 1. The number of rotatable bonds is 4. The second kappa shape index (κ2) is 6.19. The number of hydrogen-bond donors (Lipinski definition) is 1. The fourth-order valence-corrected chi connectivity index (χ4v) is 3.10. The van der Waals surface area contributed by atoms with E-state index in [0.717, 1.165) is 18.7 Å². The van der Waals surface area contributed by atoms with E-state index in [1.807, 2.05) is 6.07 Å². The summed E-state index contributed by atoms with van der Waals surface area (Å²) in [6.07, 6.45) is 3.72. The van der Waals surface area contributed by atoms with E-state index in [1.54, 1.807) is 12.1 Å². The molecule has 2 aromatic rings. The Kier molecular flexibility index (Phi) is 4.12. The Hall–Kier alpha value is -1.67. The lowest BCUT2D eigenvalue weighted by Gasteiger charge is -2.25. The maximum atomic E-state index is 13.1. The van der Waals surface area contributed by atoms with E-state index in [-0.39, 0.29) is 5.82 Å². The van der Waals surface area contributed by atoms with Crippen molar-refractivity contribution in [3.63, 3.8) is 0 Å². The minimum absolute atomic E-state index is 0.160. The lowest BCUT2D eigenvalue weighted by Crippen LogP contribution is -2.24. The van der Waals surface area contributed by atoms with Gasteiger partial charge in [-0.3, -0.25) is 0 Å². The number of aryl methyl sites for hydroxylation is 1. The van der Waals surface area contributed by atoms with Gasteiger partial charge in [-0.05, 0) is 54.0 Å². The molecule has 0 saturated heterocycles. The first-order valence-electron chi connectivity index (χ1n) is 7.36. The van der Waals surface area contributed by atoms with Crippen LogP contribution in [0.2, 0.25) is 0 Å². The highest BCUT2D eigenvalue weighted by Gasteiger charge is 2.18. The highest BCUT2D eigenvalue weighted by molar-refractivity contribution is 5.32. The van der Waals surface area contributed by atoms with Crippen molar-refractivity contribution in [1.29, 1.82) is 0 Å². The quantitative estimate of drug-likeness (QED) is 0.883. The topological polar surface area (TPSA) is 12.0 Å². The molecule has 2 aromatic carbocycles. The number of hydrogen-bond acceptors (Lipinski definition) is 1. The Morgan fingerprint density at radius 3 is 2.90 bits per heavy atom. The van der Waals surface area contributed by atoms with Gasteiger partial charge in [0.1, 0.15) is 5.82 Å². The molecule has 0 saturated carbocycles. The van der Waals surface area contributed by atoms with Gasteiger partial charge in [0.05, 0.1) is 0 Å². The minimum Gasteiger partial charge on any atom is -0.312 e. The van der Waals surface area contributed by atoms with E-state index in [9.17, 15) is 4.39 Å². The number of halogens is 1. The lowest BCUT2D eigenvalue weighted by atomic mass is 9.83.